The van der Waals surface area contributed by atoms with E-state index in [1.165, 1.54) is 6.92 Å². The van der Waals surface area contributed by atoms with Gasteiger partial charge in [0.15, 0.2) is 17.1 Å². The maximum atomic E-state index is 14.6. The van der Waals surface area contributed by atoms with Gasteiger partial charge in [0, 0.05) is 17.9 Å². The van der Waals surface area contributed by atoms with Crippen LogP contribution in [0.15, 0.2) is 21.3 Å². The minimum absolute atomic E-state index is 0.0789. The standard InChI is InChI=1S/C16H16F2O7/c1-6-2-11(21)24-15-7(6)3-8(17)16(13(15)18)25-12-4-9(20)14(22)10(5-19)23-12/h2-3,9-10,12,14,19-20,22H,4-5H2,1H3. The van der Waals surface area contributed by atoms with Gasteiger partial charge in [0.25, 0.3) is 0 Å². The van der Waals surface area contributed by atoms with E-state index in [1.807, 2.05) is 0 Å². The van der Waals surface area contributed by atoms with Crippen LogP contribution in [0.2, 0.25) is 0 Å². The van der Waals surface area contributed by atoms with Gasteiger partial charge in [-0.15, -0.1) is 0 Å². The van der Waals surface area contributed by atoms with Gasteiger partial charge in [-0.2, -0.15) is 4.39 Å². The Labute approximate surface area is 140 Å². The van der Waals surface area contributed by atoms with Gasteiger partial charge in [-0.1, -0.05) is 0 Å². The van der Waals surface area contributed by atoms with E-state index in [-0.39, 0.29) is 11.8 Å². The SMILES string of the molecule is Cc1cc(=O)oc2c(F)c(OC3CC(O)C(O)C(CO)O3)c(F)cc12. The molecule has 2 aromatic rings. The highest BCUT2D eigenvalue weighted by atomic mass is 19.1. The molecule has 0 bridgehead atoms. The molecule has 3 N–H and O–H groups in total. The van der Waals surface area contributed by atoms with Crippen molar-refractivity contribution in [2.75, 3.05) is 6.61 Å². The van der Waals surface area contributed by atoms with Crippen molar-refractivity contribution in [3.63, 3.8) is 0 Å². The number of benzene rings is 1. The third-order valence-electron chi connectivity index (χ3n) is 4.06. The Morgan fingerprint density at radius 1 is 1.32 bits per heavy atom. The lowest BCUT2D eigenvalue weighted by Crippen LogP contribution is -2.51. The van der Waals surface area contributed by atoms with Gasteiger partial charge in [-0.3, -0.25) is 0 Å². The predicted molar refractivity (Wildman–Crippen MR) is 80.1 cm³/mol. The Kier molecular flexibility index (Phi) is 4.74. The van der Waals surface area contributed by atoms with E-state index in [0.717, 1.165) is 12.1 Å². The Morgan fingerprint density at radius 2 is 2.04 bits per heavy atom. The minimum Gasteiger partial charge on any atom is -0.458 e. The summed E-state index contributed by atoms with van der Waals surface area (Å²) in [6.07, 6.45) is -5.40. The lowest BCUT2D eigenvalue weighted by atomic mass is 10.0. The zero-order valence-electron chi connectivity index (χ0n) is 13.1. The Morgan fingerprint density at radius 3 is 2.72 bits per heavy atom. The molecule has 4 unspecified atom stereocenters. The van der Waals surface area contributed by atoms with Crippen LogP contribution in [-0.2, 0) is 4.74 Å². The number of halogens is 2. The van der Waals surface area contributed by atoms with Crippen molar-refractivity contribution in [3.05, 3.63) is 39.8 Å². The number of ether oxygens (including phenoxy) is 2. The molecular weight excluding hydrogens is 342 g/mol. The van der Waals surface area contributed by atoms with Gasteiger partial charge in [0.2, 0.25) is 12.1 Å². The molecule has 1 aliphatic heterocycles. The van der Waals surface area contributed by atoms with E-state index < -0.39 is 59.8 Å². The molecule has 0 aliphatic carbocycles. The summed E-state index contributed by atoms with van der Waals surface area (Å²) in [5.74, 6) is -3.11. The van der Waals surface area contributed by atoms with E-state index >= 15 is 0 Å². The fraction of sp³-hybridized carbons (Fsp3) is 0.438. The van der Waals surface area contributed by atoms with Gasteiger partial charge < -0.3 is 29.2 Å². The first kappa shape index (κ1) is 17.7. The number of hydrogen-bond donors (Lipinski definition) is 3. The Bertz CT molecular complexity index is 850. The third-order valence-corrected chi connectivity index (χ3v) is 4.06. The second kappa shape index (κ2) is 6.68. The van der Waals surface area contributed by atoms with Crippen LogP contribution in [0.25, 0.3) is 11.0 Å². The molecule has 136 valence electrons. The molecule has 2 heterocycles. The molecule has 1 fully saturated rings. The quantitative estimate of drug-likeness (QED) is 0.689. The van der Waals surface area contributed by atoms with Crippen LogP contribution in [-0.4, -0.2) is 46.5 Å². The second-order valence-corrected chi connectivity index (χ2v) is 5.82. The molecular formula is C16H16F2O7. The molecule has 3 rings (SSSR count). The number of aryl methyl sites for hydroxylation is 1. The molecule has 1 saturated heterocycles. The van der Waals surface area contributed by atoms with Crippen molar-refractivity contribution in [1.29, 1.82) is 0 Å². The first-order chi connectivity index (χ1) is 11.8. The lowest BCUT2D eigenvalue weighted by Gasteiger charge is -2.36. The molecule has 4 atom stereocenters. The van der Waals surface area contributed by atoms with Gasteiger partial charge in [0.1, 0.15) is 12.2 Å². The Balaban J connectivity index is 1.98. The van der Waals surface area contributed by atoms with Crippen LogP contribution >= 0.6 is 0 Å². The van der Waals surface area contributed by atoms with Crippen molar-refractivity contribution in [1.82, 2.24) is 0 Å². The highest BCUT2D eigenvalue weighted by molar-refractivity contribution is 5.82. The van der Waals surface area contributed by atoms with E-state index in [2.05, 4.69) is 0 Å². The summed E-state index contributed by atoms with van der Waals surface area (Å²) in [4.78, 5) is 11.4. The normalized spacial score (nSPS) is 26.8. The molecule has 1 aromatic heterocycles. The lowest BCUT2D eigenvalue weighted by molar-refractivity contribution is -0.230. The third kappa shape index (κ3) is 3.23. The second-order valence-electron chi connectivity index (χ2n) is 5.82. The summed E-state index contributed by atoms with van der Waals surface area (Å²) in [7, 11) is 0. The maximum Gasteiger partial charge on any atom is 0.336 e. The van der Waals surface area contributed by atoms with Crippen LogP contribution in [0.5, 0.6) is 5.75 Å². The first-order valence-electron chi connectivity index (χ1n) is 7.53. The largest absolute Gasteiger partial charge is 0.458 e. The van der Waals surface area contributed by atoms with Crippen LogP contribution in [0, 0.1) is 18.6 Å². The first-order valence-corrected chi connectivity index (χ1v) is 7.53. The van der Waals surface area contributed by atoms with Crippen molar-refractivity contribution in [2.45, 2.75) is 37.9 Å². The molecule has 9 heteroatoms. The van der Waals surface area contributed by atoms with Crippen LogP contribution in [0.1, 0.15) is 12.0 Å². The van der Waals surface area contributed by atoms with E-state index in [0.29, 0.717) is 5.56 Å². The van der Waals surface area contributed by atoms with E-state index in [1.54, 1.807) is 0 Å². The number of rotatable bonds is 3. The molecule has 1 aliphatic rings. The van der Waals surface area contributed by atoms with Crippen LogP contribution in [0.3, 0.4) is 0 Å². The van der Waals surface area contributed by atoms with Gasteiger partial charge in [-0.05, 0) is 18.6 Å². The van der Waals surface area contributed by atoms with Gasteiger partial charge >= 0.3 is 5.63 Å². The van der Waals surface area contributed by atoms with Gasteiger partial charge in [0.05, 0.1) is 12.7 Å². The van der Waals surface area contributed by atoms with Crippen LogP contribution < -0.4 is 10.4 Å². The van der Waals surface area contributed by atoms with Crippen molar-refractivity contribution >= 4 is 11.0 Å². The summed E-state index contributed by atoms with van der Waals surface area (Å²) < 4.78 is 44.0. The predicted octanol–water partition coefficient (Wildman–Crippen LogP) is 0.588. The minimum atomic E-state index is -1.35. The topological polar surface area (TPSA) is 109 Å². The molecule has 0 spiro atoms. The van der Waals surface area contributed by atoms with E-state index in [4.69, 9.17) is 19.0 Å². The fourth-order valence-electron chi connectivity index (χ4n) is 2.74. The summed E-state index contributed by atoms with van der Waals surface area (Å²) in [6.45, 7) is 0.890. The molecule has 7 nitrogen and oxygen atoms in total. The summed E-state index contributed by atoms with van der Waals surface area (Å²) in [5, 5.41) is 28.6. The van der Waals surface area contributed by atoms with Gasteiger partial charge in [-0.25, -0.2) is 9.18 Å². The monoisotopic (exact) mass is 358 g/mol. The zero-order chi connectivity index (χ0) is 18.3. The molecule has 0 radical (unpaired) electrons. The fourth-order valence-corrected chi connectivity index (χ4v) is 2.74. The summed E-state index contributed by atoms with van der Waals surface area (Å²) in [6, 6.07) is 2.07. The number of fused-ring (bicyclic) bond motifs is 1. The average molecular weight is 358 g/mol. The van der Waals surface area contributed by atoms with Crippen LogP contribution in [0.4, 0.5) is 8.78 Å². The molecule has 0 saturated carbocycles. The number of hydrogen-bond acceptors (Lipinski definition) is 7. The number of aliphatic hydroxyl groups is 3. The maximum absolute atomic E-state index is 14.6. The molecule has 25 heavy (non-hydrogen) atoms. The van der Waals surface area contributed by atoms with Crippen molar-refractivity contribution in [2.24, 2.45) is 0 Å². The highest BCUT2D eigenvalue weighted by Gasteiger charge is 2.38. The number of aliphatic hydroxyl groups excluding tert-OH is 3. The van der Waals surface area contributed by atoms with E-state index in [9.17, 15) is 23.8 Å². The highest BCUT2D eigenvalue weighted by Crippen LogP contribution is 2.33. The average Bonchev–Trinajstić information content (AvgIpc) is 2.55. The van der Waals surface area contributed by atoms with Crippen molar-refractivity contribution < 1.29 is 38.0 Å². The summed E-state index contributed by atoms with van der Waals surface area (Å²) >= 11 is 0. The zero-order valence-corrected chi connectivity index (χ0v) is 13.1. The molecule has 1 aromatic carbocycles. The smallest absolute Gasteiger partial charge is 0.336 e. The summed E-state index contributed by atoms with van der Waals surface area (Å²) in [5.41, 5.74) is -0.922. The molecule has 0 amide bonds. The Hall–Kier alpha value is -2.07. The van der Waals surface area contributed by atoms with Crippen molar-refractivity contribution in [3.8, 4) is 5.75 Å².